The van der Waals surface area contributed by atoms with E-state index in [1.165, 1.54) is 0 Å². The van der Waals surface area contributed by atoms with Crippen molar-refractivity contribution in [1.29, 1.82) is 0 Å². The minimum absolute atomic E-state index is 0.0270. The molecular weight excluding hydrogens is 155 g/mol. The Balaban J connectivity index is 4.01. The fourth-order valence-electron chi connectivity index (χ4n) is 0.459. The van der Waals surface area contributed by atoms with Crippen LogP contribution in [0.1, 0.15) is 27.7 Å². The Labute approximate surface area is 67.5 Å². The third-order valence-corrected chi connectivity index (χ3v) is 3.24. The lowest BCUT2D eigenvalue weighted by Gasteiger charge is -2.28. The lowest BCUT2D eigenvalue weighted by molar-refractivity contribution is 0.450. The van der Waals surface area contributed by atoms with Crippen LogP contribution in [0, 0.1) is 5.92 Å². The van der Waals surface area contributed by atoms with Gasteiger partial charge >= 0.3 is 0 Å². The predicted molar refractivity (Wildman–Crippen MR) is 44.4 cm³/mol. The zero-order chi connectivity index (χ0) is 7.65. The van der Waals surface area contributed by atoms with Gasteiger partial charge in [0.2, 0.25) is 0 Å². The summed E-state index contributed by atoms with van der Waals surface area (Å²) in [5.74, 6) is 0.423. The molecule has 0 aromatic carbocycles. The summed E-state index contributed by atoms with van der Waals surface area (Å²) >= 11 is 11.9. The van der Waals surface area contributed by atoms with Gasteiger partial charge in [-0.25, -0.2) is 0 Å². The second-order valence-corrected chi connectivity index (χ2v) is 4.39. The minimum Gasteiger partial charge on any atom is -0.121 e. The van der Waals surface area contributed by atoms with E-state index >= 15 is 0 Å². The third kappa shape index (κ3) is 2.35. The monoisotopic (exact) mass is 168 g/mol. The van der Waals surface area contributed by atoms with Gasteiger partial charge in [0.25, 0.3) is 0 Å². The third-order valence-electron chi connectivity index (χ3n) is 1.91. The normalized spacial score (nSPS) is 21.7. The molecule has 0 saturated carbocycles. The van der Waals surface area contributed by atoms with Crippen molar-refractivity contribution in [3.05, 3.63) is 0 Å². The average molecular weight is 169 g/mol. The molecule has 0 amide bonds. The van der Waals surface area contributed by atoms with E-state index in [0.717, 1.165) is 0 Å². The lowest BCUT2D eigenvalue weighted by atomic mass is 9.94. The molecule has 2 heteroatoms. The van der Waals surface area contributed by atoms with E-state index in [2.05, 4.69) is 13.8 Å². The van der Waals surface area contributed by atoms with E-state index in [1.807, 2.05) is 13.8 Å². The second-order valence-electron chi connectivity index (χ2n) is 2.92. The molecule has 0 N–H and O–H groups in total. The molecule has 0 rings (SSSR count). The molecule has 0 nitrogen and oxygen atoms in total. The first-order valence-corrected chi connectivity index (χ1v) is 4.03. The molecule has 0 spiro atoms. The van der Waals surface area contributed by atoms with E-state index in [1.54, 1.807) is 0 Å². The highest BCUT2D eigenvalue weighted by molar-refractivity contribution is 6.32. The molecule has 0 fully saturated rings. The first-order chi connectivity index (χ1) is 3.89. The number of rotatable bonds is 2. The summed E-state index contributed by atoms with van der Waals surface area (Å²) in [4.78, 5) is -0.262. The maximum atomic E-state index is 6.07. The quantitative estimate of drug-likeness (QED) is 0.556. The topological polar surface area (TPSA) is 0 Å². The van der Waals surface area contributed by atoms with Gasteiger partial charge in [-0.2, -0.15) is 0 Å². The van der Waals surface area contributed by atoms with Gasteiger partial charge in [-0.15, -0.1) is 23.2 Å². The molecule has 0 aromatic heterocycles. The van der Waals surface area contributed by atoms with Gasteiger partial charge in [0.1, 0.15) is 0 Å². The maximum Gasteiger partial charge on any atom is 0.0601 e. The highest BCUT2D eigenvalue weighted by Crippen LogP contribution is 2.31. The summed E-state index contributed by atoms with van der Waals surface area (Å²) in [5.41, 5.74) is 0. The van der Waals surface area contributed by atoms with Crippen molar-refractivity contribution < 1.29 is 0 Å². The summed E-state index contributed by atoms with van der Waals surface area (Å²) in [6, 6.07) is 0. The van der Waals surface area contributed by atoms with Gasteiger partial charge in [0, 0.05) is 5.38 Å². The molecular formula is C7H14Cl2. The van der Waals surface area contributed by atoms with Crippen molar-refractivity contribution in [2.24, 2.45) is 5.92 Å². The van der Waals surface area contributed by atoms with E-state index in [0.29, 0.717) is 5.92 Å². The Morgan fingerprint density at radius 1 is 1.22 bits per heavy atom. The molecule has 0 heterocycles. The van der Waals surface area contributed by atoms with E-state index in [4.69, 9.17) is 23.2 Å². The minimum atomic E-state index is -0.262. The van der Waals surface area contributed by atoms with Crippen molar-refractivity contribution in [2.75, 3.05) is 0 Å². The summed E-state index contributed by atoms with van der Waals surface area (Å²) in [5, 5.41) is 0.0270. The SMILES string of the molecule is CC(C)[C@](C)(Cl)C(C)Cl. The van der Waals surface area contributed by atoms with Crippen molar-refractivity contribution in [3.8, 4) is 0 Å². The Morgan fingerprint density at radius 2 is 1.56 bits per heavy atom. The molecule has 0 aliphatic rings. The van der Waals surface area contributed by atoms with Gasteiger partial charge in [-0.3, -0.25) is 0 Å². The van der Waals surface area contributed by atoms with Crippen LogP contribution in [0.4, 0.5) is 0 Å². The fourth-order valence-corrected chi connectivity index (χ4v) is 0.711. The van der Waals surface area contributed by atoms with Crippen LogP contribution < -0.4 is 0 Å². The summed E-state index contributed by atoms with van der Waals surface area (Å²) in [7, 11) is 0. The van der Waals surface area contributed by atoms with E-state index in [-0.39, 0.29) is 10.3 Å². The average Bonchev–Trinajstić information content (AvgIpc) is 1.65. The molecule has 2 atom stereocenters. The Bertz CT molecular complexity index is 74.9. The van der Waals surface area contributed by atoms with Crippen LogP contribution in [-0.4, -0.2) is 10.3 Å². The van der Waals surface area contributed by atoms with Gasteiger partial charge in [-0.1, -0.05) is 13.8 Å². The van der Waals surface area contributed by atoms with Gasteiger partial charge in [-0.05, 0) is 19.8 Å². The van der Waals surface area contributed by atoms with Crippen LogP contribution in [0.2, 0.25) is 0 Å². The first kappa shape index (κ1) is 9.58. The zero-order valence-corrected chi connectivity index (χ0v) is 7.92. The largest absolute Gasteiger partial charge is 0.121 e. The molecule has 0 aliphatic carbocycles. The van der Waals surface area contributed by atoms with E-state index < -0.39 is 0 Å². The highest BCUT2D eigenvalue weighted by Gasteiger charge is 2.30. The van der Waals surface area contributed by atoms with Gasteiger partial charge < -0.3 is 0 Å². The molecule has 0 aliphatic heterocycles. The Hall–Kier alpha value is 0.580. The predicted octanol–water partition coefficient (Wildman–Crippen LogP) is 3.27. The van der Waals surface area contributed by atoms with Gasteiger partial charge in [0.15, 0.2) is 0 Å². The summed E-state index contributed by atoms with van der Waals surface area (Å²) < 4.78 is 0. The van der Waals surface area contributed by atoms with Gasteiger partial charge in [0.05, 0.1) is 4.87 Å². The lowest BCUT2D eigenvalue weighted by Crippen LogP contribution is -2.32. The summed E-state index contributed by atoms with van der Waals surface area (Å²) in [6.07, 6.45) is 0. The Kier molecular flexibility index (Phi) is 3.32. The molecule has 0 radical (unpaired) electrons. The molecule has 9 heavy (non-hydrogen) atoms. The smallest absolute Gasteiger partial charge is 0.0601 e. The van der Waals surface area contributed by atoms with Crippen molar-refractivity contribution in [2.45, 2.75) is 37.9 Å². The Morgan fingerprint density at radius 3 is 1.56 bits per heavy atom. The van der Waals surface area contributed by atoms with Crippen molar-refractivity contribution in [1.82, 2.24) is 0 Å². The molecule has 0 bridgehead atoms. The molecule has 56 valence electrons. The number of hydrogen-bond donors (Lipinski definition) is 0. The number of alkyl halides is 2. The number of halogens is 2. The number of hydrogen-bond acceptors (Lipinski definition) is 0. The second kappa shape index (κ2) is 3.12. The van der Waals surface area contributed by atoms with Crippen molar-refractivity contribution >= 4 is 23.2 Å². The van der Waals surface area contributed by atoms with E-state index in [9.17, 15) is 0 Å². The van der Waals surface area contributed by atoms with Crippen LogP contribution in [0.15, 0.2) is 0 Å². The molecule has 1 unspecified atom stereocenters. The standard InChI is InChI=1S/C7H14Cl2/c1-5(2)7(4,9)6(3)8/h5-6H,1-4H3/t6?,7-/m0/s1. The van der Waals surface area contributed by atoms with Crippen LogP contribution in [0.25, 0.3) is 0 Å². The zero-order valence-electron chi connectivity index (χ0n) is 6.41. The molecule has 0 aromatic rings. The fraction of sp³-hybridized carbons (Fsp3) is 1.00. The summed E-state index contributed by atoms with van der Waals surface area (Å²) in [6.45, 7) is 8.04. The molecule has 0 saturated heterocycles. The van der Waals surface area contributed by atoms with Crippen LogP contribution in [0.3, 0.4) is 0 Å². The van der Waals surface area contributed by atoms with Crippen molar-refractivity contribution in [3.63, 3.8) is 0 Å². The van der Waals surface area contributed by atoms with Crippen LogP contribution >= 0.6 is 23.2 Å². The first-order valence-electron chi connectivity index (χ1n) is 3.22. The maximum absolute atomic E-state index is 6.07. The van der Waals surface area contributed by atoms with Crippen LogP contribution in [-0.2, 0) is 0 Å². The van der Waals surface area contributed by atoms with Crippen LogP contribution in [0.5, 0.6) is 0 Å². The highest BCUT2D eigenvalue weighted by atomic mass is 35.5.